The van der Waals surface area contributed by atoms with Crippen molar-refractivity contribution < 1.29 is 35.7 Å². The molecule has 3 atom stereocenters. The summed E-state index contributed by atoms with van der Waals surface area (Å²) in [5.74, 6) is -2.15. The van der Waals surface area contributed by atoms with Crippen LogP contribution in [-0.4, -0.2) is 52.1 Å². The molecule has 202 valence electrons. The van der Waals surface area contributed by atoms with E-state index >= 15 is 0 Å². The third-order valence-corrected chi connectivity index (χ3v) is 9.42. The van der Waals surface area contributed by atoms with Crippen LogP contribution < -0.4 is 4.72 Å². The molecule has 3 aromatic rings. The van der Waals surface area contributed by atoms with Gasteiger partial charge in [-0.15, -0.1) is 0 Å². The van der Waals surface area contributed by atoms with E-state index in [0.717, 1.165) is 5.56 Å². The second-order valence-corrected chi connectivity index (χ2v) is 12.2. The molecule has 3 unspecified atom stereocenters. The van der Waals surface area contributed by atoms with Gasteiger partial charge in [0.2, 0.25) is 10.0 Å². The molecule has 0 radical (unpaired) electrons. The Kier molecular flexibility index (Phi) is 8.01. The van der Waals surface area contributed by atoms with Crippen LogP contribution in [0.4, 0.5) is 13.2 Å². The number of aliphatic carboxylic acids is 1. The molecule has 0 heterocycles. The van der Waals surface area contributed by atoms with E-state index in [4.69, 9.17) is 11.6 Å². The molecule has 0 spiro atoms. The zero-order valence-corrected chi connectivity index (χ0v) is 21.9. The Morgan fingerprint density at radius 1 is 1.03 bits per heavy atom. The van der Waals surface area contributed by atoms with Gasteiger partial charge in [0.25, 0.3) is 0 Å². The maximum absolute atomic E-state index is 13.8. The number of carboxylic acid groups (broad SMARTS) is 1. The lowest BCUT2D eigenvalue weighted by Crippen LogP contribution is -2.51. The number of carbonyl (C=O) groups is 1. The Morgan fingerprint density at radius 3 is 2.11 bits per heavy atom. The van der Waals surface area contributed by atoms with Crippen LogP contribution in [0.5, 0.6) is 0 Å². The largest absolute Gasteiger partial charge is 0.485 e. The zero-order valence-electron chi connectivity index (χ0n) is 19.6. The van der Waals surface area contributed by atoms with Gasteiger partial charge in [-0.1, -0.05) is 66.2 Å². The standard InChI is InChI=1S/C25H22ClF3N2O5S2/c26-20-10-6-17(7-11-20)18-8-12-21(13-9-18)38(35,36)31(15-14-30-37(34)25(27,28)29)24(23(32)33)16-22(24)19-4-2-1-3-5-19/h1-13,22,30H,14-16H2,(H,32,33). The maximum Gasteiger partial charge on any atom is 0.485 e. The molecule has 1 saturated carbocycles. The highest BCUT2D eigenvalue weighted by atomic mass is 35.5. The van der Waals surface area contributed by atoms with Crippen molar-refractivity contribution in [2.75, 3.05) is 13.1 Å². The van der Waals surface area contributed by atoms with Gasteiger partial charge in [-0.2, -0.15) is 17.5 Å². The second kappa shape index (κ2) is 10.8. The van der Waals surface area contributed by atoms with Gasteiger partial charge in [0.05, 0.1) is 4.90 Å². The molecule has 0 aliphatic heterocycles. The highest BCUT2D eigenvalue weighted by Crippen LogP contribution is 2.57. The number of nitrogens with one attached hydrogen (secondary N) is 1. The predicted molar refractivity (Wildman–Crippen MR) is 137 cm³/mol. The topological polar surface area (TPSA) is 104 Å². The van der Waals surface area contributed by atoms with Crippen molar-refractivity contribution in [2.24, 2.45) is 0 Å². The summed E-state index contributed by atoms with van der Waals surface area (Å²) in [5.41, 5.74) is -4.95. The fourth-order valence-electron chi connectivity index (χ4n) is 4.39. The minimum Gasteiger partial charge on any atom is -0.480 e. The van der Waals surface area contributed by atoms with E-state index in [-0.39, 0.29) is 11.3 Å². The van der Waals surface area contributed by atoms with E-state index in [2.05, 4.69) is 0 Å². The molecule has 3 aromatic carbocycles. The summed E-state index contributed by atoms with van der Waals surface area (Å²) in [7, 11) is -7.95. The second-order valence-electron chi connectivity index (χ2n) is 8.61. The number of carboxylic acids is 1. The van der Waals surface area contributed by atoms with Crippen molar-refractivity contribution in [3.8, 4) is 11.1 Å². The van der Waals surface area contributed by atoms with Gasteiger partial charge in [-0.05, 0) is 47.4 Å². The molecule has 13 heteroatoms. The van der Waals surface area contributed by atoms with Crippen LogP contribution in [0, 0.1) is 0 Å². The number of hydrogen-bond acceptors (Lipinski definition) is 4. The van der Waals surface area contributed by atoms with Crippen molar-refractivity contribution in [2.45, 2.75) is 28.3 Å². The molecule has 0 saturated heterocycles. The smallest absolute Gasteiger partial charge is 0.480 e. The van der Waals surface area contributed by atoms with Crippen LogP contribution in [0.15, 0.2) is 83.8 Å². The third-order valence-electron chi connectivity index (χ3n) is 6.33. The molecule has 1 aliphatic carbocycles. The lowest BCUT2D eigenvalue weighted by molar-refractivity contribution is -0.143. The van der Waals surface area contributed by atoms with Crippen molar-refractivity contribution >= 4 is 38.6 Å². The lowest BCUT2D eigenvalue weighted by Gasteiger charge is -2.29. The van der Waals surface area contributed by atoms with Crippen molar-refractivity contribution in [3.05, 3.63) is 89.4 Å². The quantitative estimate of drug-likeness (QED) is 0.356. The van der Waals surface area contributed by atoms with Crippen LogP contribution in [0.1, 0.15) is 17.9 Å². The Bertz CT molecular complexity index is 1440. The summed E-state index contributed by atoms with van der Waals surface area (Å²) in [5, 5.41) is 10.7. The summed E-state index contributed by atoms with van der Waals surface area (Å²) in [6, 6.07) is 21.0. The van der Waals surface area contributed by atoms with E-state index in [0.29, 0.717) is 20.5 Å². The average molecular weight is 587 g/mol. The van der Waals surface area contributed by atoms with Crippen LogP contribution in [-0.2, 0) is 25.8 Å². The van der Waals surface area contributed by atoms with Gasteiger partial charge in [-0.3, -0.25) is 4.79 Å². The van der Waals surface area contributed by atoms with Gasteiger partial charge in [0, 0.05) is 24.0 Å². The normalized spacial score (nSPS) is 20.3. The average Bonchev–Trinajstić information content (AvgIpc) is 3.63. The van der Waals surface area contributed by atoms with Gasteiger partial charge in [0.15, 0.2) is 11.0 Å². The Labute approximate surface area is 224 Å². The first-order valence-corrected chi connectivity index (χ1v) is 14.2. The van der Waals surface area contributed by atoms with Crippen molar-refractivity contribution in [1.82, 2.24) is 9.03 Å². The SMILES string of the molecule is O=C(O)C1(N(CCNS(=O)C(F)(F)F)S(=O)(=O)c2ccc(-c3ccc(Cl)cc3)cc2)CC1c1ccccc1. The maximum atomic E-state index is 13.8. The molecule has 38 heavy (non-hydrogen) atoms. The zero-order chi connectivity index (χ0) is 27.7. The Balaban J connectivity index is 1.69. The summed E-state index contributed by atoms with van der Waals surface area (Å²) in [4.78, 5) is 12.3. The monoisotopic (exact) mass is 586 g/mol. The molecule has 1 aliphatic rings. The number of sulfonamides is 1. The van der Waals surface area contributed by atoms with E-state index in [1.807, 2.05) is 0 Å². The van der Waals surface area contributed by atoms with Gasteiger partial charge >= 0.3 is 11.5 Å². The fourth-order valence-corrected chi connectivity index (χ4v) is 6.74. The number of hydrogen-bond donors (Lipinski definition) is 2. The molecule has 0 bridgehead atoms. The van der Waals surface area contributed by atoms with Crippen LogP contribution in [0.3, 0.4) is 0 Å². The molecule has 2 N–H and O–H groups in total. The van der Waals surface area contributed by atoms with Gasteiger partial charge in [-0.25, -0.2) is 17.3 Å². The number of halogens is 4. The summed E-state index contributed by atoms with van der Waals surface area (Å²) < 4.78 is 79.6. The van der Waals surface area contributed by atoms with Crippen LogP contribution >= 0.6 is 11.6 Å². The summed E-state index contributed by atoms with van der Waals surface area (Å²) in [6.07, 6.45) is -0.0726. The first-order chi connectivity index (χ1) is 17.9. The van der Waals surface area contributed by atoms with E-state index < -0.39 is 57.0 Å². The Hall–Kier alpha value is -2.77. The molecular formula is C25H22ClF3N2O5S2. The first-order valence-electron chi connectivity index (χ1n) is 11.3. The molecule has 7 nitrogen and oxygen atoms in total. The third kappa shape index (κ3) is 5.64. The highest BCUT2D eigenvalue weighted by molar-refractivity contribution is 7.89. The summed E-state index contributed by atoms with van der Waals surface area (Å²) in [6.45, 7) is -1.34. The van der Waals surface area contributed by atoms with Crippen LogP contribution in [0.2, 0.25) is 5.02 Å². The number of alkyl halides is 3. The summed E-state index contributed by atoms with van der Waals surface area (Å²) >= 11 is 5.92. The number of benzene rings is 3. The van der Waals surface area contributed by atoms with E-state index in [1.54, 1.807) is 71.5 Å². The number of rotatable bonds is 10. The fraction of sp³-hybridized carbons (Fsp3) is 0.240. The van der Waals surface area contributed by atoms with Gasteiger partial charge in [0.1, 0.15) is 5.54 Å². The first kappa shape index (κ1) is 28.2. The molecule has 0 aromatic heterocycles. The Morgan fingerprint density at radius 2 is 1.58 bits per heavy atom. The van der Waals surface area contributed by atoms with Crippen molar-refractivity contribution in [3.63, 3.8) is 0 Å². The number of nitrogens with zero attached hydrogens (tertiary/aromatic N) is 1. The van der Waals surface area contributed by atoms with E-state index in [1.165, 1.54) is 12.1 Å². The molecule has 0 amide bonds. The lowest BCUT2D eigenvalue weighted by atomic mass is 10.1. The van der Waals surface area contributed by atoms with Crippen molar-refractivity contribution in [1.29, 1.82) is 0 Å². The molecular weight excluding hydrogens is 565 g/mol. The minimum atomic E-state index is -5.06. The van der Waals surface area contributed by atoms with E-state index in [9.17, 15) is 35.7 Å². The highest BCUT2D eigenvalue weighted by Gasteiger charge is 2.67. The van der Waals surface area contributed by atoms with Gasteiger partial charge < -0.3 is 5.11 Å². The molecule has 4 rings (SSSR count). The van der Waals surface area contributed by atoms with Crippen LogP contribution in [0.25, 0.3) is 11.1 Å². The minimum absolute atomic E-state index is 0.0726. The molecule has 1 fully saturated rings. The predicted octanol–water partition coefficient (Wildman–Crippen LogP) is 4.78.